The molecule has 1 fully saturated rings. The Bertz CT molecular complexity index is 1780. The summed E-state index contributed by atoms with van der Waals surface area (Å²) in [5.74, 6) is 0.307. The minimum Gasteiger partial charge on any atom is -0.496 e. The third-order valence-electron chi connectivity index (χ3n) is 8.05. The van der Waals surface area contributed by atoms with E-state index < -0.39 is 65.6 Å². The Morgan fingerprint density at radius 3 is 1.91 bits per heavy atom. The van der Waals surface area contributed by atoms with Gasteiger partial charge < -0.3 is 9.47 Å². The number of ether oxygens (including phenoxy) is 2. The SMILES string of the molecule is COc1ccc(-c2ccccc2C)cc1-c1ccc(C(F)(F)F)cc1CN1C(=O)O[C@H](c2cc(C(F)(F)F)cc(C(F)(F)F)c2)[C@@H]1C. The van der Waals surface area contributed by atoms with Gasteiger partial charge in [0.25, 0.3) is 0 Å². The average molecular weight is 668 g/mol. The molecule has 1 aliphatic rings. The molecule has 1 aliphatic heterocycles. The molecular formula is C34H26F9NO3. The van der Waals surface area contributed by atoms with Crippen LogP contribution in [0.5, 0.6) is 5.75 Å². The third-order valence-corrected chi connectivity index (χ3v) is 8.05. The molecule has 0 unspecified atom stereocenters. The monoisotopic (exact) mass is 667 g/mol. The first-order chi connectivity index (χ1) is 21.9. The molecule has 0 saturated carbocycles. The zero-order chi connectivity index (χ0) is 34.5. The van der Waals surface area contributed by atoms with Crippen molar-refractivity contribution in [3.05, 3.63) is 112 Å². The molecule has 0 aliphatic carbocycles. The number of halogens is 9. The van der Waals surface area contributed by atoms with E-state index in [4.69, 9.17) is 9.47 Å². The van der Waals surface area contributed by atoms with Gasteiger partial charge in [-0.3, -0.25) is 4.90 Å². The average Bonchev–Trinajstić information content (AvgIpc) is 3.28. The van der Waals surface area contributed by atoms with Crippen LogP contribution in [0.1, 0.15) is 46.4 Å². The summed E-state index contributed by atoms with van der Waals surface area (Å²) in [6.45, 7) is 2.70. The summed E-state index contributed by atoms with van der Waals surface area (Å²) in [7, 11) is 1.38. The first-order valence-corrected chi connectivity index (χ1v) is 14.1. The van der Waals surface area contributed by atoms with Crippen LogP contribution in [0.2, 0.25) is 0 Å². The van der Waals surface area contributed by atoms with Crippen molar-refractivity contribution >= 4 is 6.09 Å². The number of amides is 1. The molecule has 0 aromatic heterocycles. The maximum Gasteiger partial charge on any atom is 0.416 e. The van der Waals surface area contributed by atoms with Crippen molar-refractivity contribution in [3.8, 4) is 28.0 Å². The van der Waals surface area contributed by atoms with E-state index in [1.54, 1.807) is 18.2 Å². The van der Waals surface area contributed by atoms with Gasteiger partial charge in [-0.25, -0.2) is 4.79 Å². The van der Waals surface area contributed by atoms with Gasteiger partial charge in [0.2, 0.25) is 0 Å². The molecule has 2 atom stereocenters. The van der Waals surface area contributed by atoms with Gasteiger partial charge >= 0.3 is 24.6 Å². The fourth-order valence-electron chi connectivity index (χ4n) is 5.63. The first kappa shape index (κ1) is 33.7. The fourth-order valence-corrected chi connectivity index (χ4v) is 5.63. The fraction of sp³-hybridized carbons (Fsp3) is 0.265. The highest BCUT2D eigenvalue weighted by Crippen LogP contribution is 2.43. The Morgan fingerprint density at radius 1 is 0.723 bits per heavy atom. The van der Waals surface area contributed by atoms with Crippen LogP contribution in [0.4, 0.5) is 44.3 Å². The number of aryl methyl sites for hydroxylation is 1. The summed E-state index contributed by atoms with van der Waals surface area (Å²) in [6.07, 6.45) is -17.8. The summed E-state index contributed by atoms with van der Waals surface area (Å²) >= 11 is 0. The van der Waals surface area contributed by atoms with E-state index in [0.29, 0.717) is 23.4 Å². The van der Waals surface area contributed by atoms with Crippen molar-refractivity contribution in [1.82, 2.24) is 4.90 Å². The largest absolute Gasteiger partial charge is 0.496 e. The van der Waals surface area contributed by atoms with Gasteiger partial charge in [-0.05, 0) is 89.7 Å². The van der Waals surface area contributed by atoms with Gasteiger partial charge in [0.1, 0.15) is 11.9 Å². The van der Waals surface area contributed by atoms with E-state index in [-0.39, 0.29) is 17.2 Å². The zero-order valence-electron chi connectivity index (χ0n) is 24.9. The van der Waals surface area contributed by atoms with E-state index in [1.807, 2.05) is 31.2 Å². The molecule has 4 nitrogen and oxygen atoms in total. The Hall–Kier alpha value is -4.68. The summed E-state index contributed by atoms with van der Waals surface area (Å²) in [5, 5.41) is 0. The van der Waals surface area contributed by atoms with Crippen LogP contribution >= 0.6 is 0 Å². The first-order valence-electron chi connectivity index (χ1n) is 14.1. The molecule has 5 rings (SSSR count). The number of alkyl halides is 9. The molecule has 4 aromatic carbocycles. The zero-order valence-corrected chi connectivity index (χ0v) is 24.9. The number of hydrogen-bond donors (Lipinski definition) is 0. The van der Waals surface area contributed by atoms with E-state index in [2.05, 4.69) is 0 Å². The molecule has 0 spiro atoms. The number of rotatable bonds is 6. The highest BCUT2D eigenvalue weighted by atomic mass is 19.4. The van der Waals surface area contributed by atoms with Crippen molar-refractivity contribution in [2.45, 2.75) is 51.1 Å². The predicted octanol–water partition coefficient (Wildman–Crippen LogP) is 10.5. The van der Waals surface area contributed by atoms with E-state index in [1.165, 1.54) is 20.1 Å². The van der Waals surface area contributed by atoms with Gasteiger partial charge in [0, 0.05) is 5.56 Å². The lowest BCUT2D eigenvalue weighted by Gasteiger charge is -2.24. The molecule has 4 aromatic rings. The minimum atomic E-state index is -5.14. The molecule has 248 valence electrons. The molecule has 0 bridgehead atoms. The summed E-state index contributed by atoms with van der Waals surface area (Å²) in [6, 6.07) is 15.2. The molecule has 0 N–H and O–H groups in total. The second-order valence-electron chi connectivity index (χ2n) is 11.1. The lowest BCUT2D eigenvalue weighted by molar-refractivity contribution is -0.143. The molecular weight excluding hydrogens is 641 g/mol. The summed E-state index contributed by atoms with van der Waals surface area (Å²) < 4.78 is 134. The van der Waals surface area contributed by atoms with Crippen LogP contribution < -0.4 is 4.74 Å². The van der Waals surface area contributed by atoms with Gasteiger partial charge in [-0.1, -0.05) is 36.4 Å². The van der Waals surface area contributed by atoms with Crippen LogP contribution in [0.25, 0.3) is 22.3 Å². The van der Waals surface area contributed by atoms with Gasteiger partial charge in [-0.2, -0.15) is 39.5 Å². The molecule has 13 heteroatoms. The number of cyclic esters (lactones) is 1. The maximum absolute atomic E-state index is 13.9. The second-order valence-corrected chi connectivity index (χ2v) is 11.1. The van der Waals surface area contributed by atoms with Crippen molar-refractivity contribution in [2.24, 2.45) is 0 Å². The molecule has 47 heavy (non-hydrogen) atoms. The molecule has 1 heterocycles. The number of hydrogen-bond acceptors (Lipinski definition) is 3. The molecule has 1 saturated heterocycles. The van der Waals surface area contributed by atoms with Crippen molar-refractivity contribution in [3.63, 3.8) is 0 Å². The van der Waals surface area contributed by atoms with Crippen molar-refractivity contribution in [1.29, 1.82) is 0 Å². The van der Waals surface area contributed by atoms with Crippen LogP contribution in [-0.4, -0.2) is 24.1 Å². The van der Waals surface area contributed by atoms with Crippen LogP contribution in [0, 0.1) is 6.92 Å². The van der Waals surface area contributed by atoms with E-state index in [0.717, 1.165) is 33.7 Å². The highest BCUT2D eigenvalue weighted by Gasteiger charge is 2.44. The Labute approximate surface area is 263 Å². The molecule has 1 amide bonds. The number of carbonyl (C=O) groups is 1. The lowest BCUT2D eigenvalue weighted by Crippen LogP contribution is -2.32. The third kappa shape index (κ3) is 6.89. The number of carbonyl (C=O) groups excluding carboxylic acids is 1. The maximum atomic E-state index is 13.9. The Balaban J connectivity index is 1.59. The lowest BCUT2D eigenvalue weighted by atomic mass is 9.92. The van der Waals surface area contributed by atoms with Crippen LogP contribution in [-0.2, 0) is 29.8 Å². The number of nitrogens with zero attached hydrogens (tertiary/aromatic N) is 1. The highest BCUT2D eigenvalue weighted by molar-refractivity contribution is 5.81. The minimum absolute atomic E-state index is 0.00969. The summed E-state index contributed by atoms with van der Waals surface area (Å²) in [5.41, 5.74) is -1.64. The quantitative estimate of drug-likeness (QED) is 0.192. The van der Waals surface area contributed by atoms with Gasteiger partial charge in [0.15, 0.2) is 0 Å². The Morgan fingerprint density at radius 2 is 1.34 bits per heavy atom. The number of methoxy groups -OCH3 is 1. The standard InChI is InChI=1S/C34H26F9NO3/c1-18-6-4-5-7-26(18)20-8-11-29(46-3)28(15-20)27-10-9-23(32(35,36)37)14-22(27)17-44-19(2)30(47-31(44)45)21-12-24(33(38,39)40)16-25(13-21)34(41,42)43/h4-16,19,30H,17H2,1-3H3/t19-,30-/m0/s1. The topological polar surface area (TPSA) is 38.8 Å². The second kappa shape index (κ2) is 12.2. The normalized spacial score (nSPS) is 17.2. The van der Waals surface area contributed by atoms with Crippen molar-refractivity contribution in [2.75, 3.05) is 7.11 Å². The molecule has 0 radical (unpaired) electrons. The van der Waals surface area contributed by atoms with Gasteiger partial charge in [0.05, 0.1) is 36.4 Å². The predicted molar refractivity (Wildman–Crippen MR) is 154 cm³/mol. The van der Waals surface area contributed by atoms with Gasteiger partial charge in [-0.15, -0.1) is 0 Å². The van der Waals surface area contributed by atoms with E-state index >= 15 is 0 Å². The smallest absolute Gasteiger partial charge is 0.416 e. The van der Waals surface area contributed by atoms with E-state index in [9.17, 15) is 44.3 Å². The van der Waals surface area contributed by atoms with Crippen LogP contribution in [0.3, 0.4) is 0 Å². The summed E-state index contributed by atoms with van der Waals surface area (Å²) in [4.78, 5) is 14.0. The Kier molecular flexibility index (Phi) is 8.71. The number of benzene rings is 4. The van der Waals surface area contributed by atoms with Crippen LogP contribution in [0.15, 0.2) is 78.9 Å². The van der Waals surface area contributed by atoms with Crippen molar-refractivity contribution < 1.29 is 53.8 Å².